The number of nitrogens with one attached hydrogen (secondary N) is 2. The van der Waals surface area contributed by atoms with Crippen molar-refractivity contribution in [3.63, 3.8) is 0 Å². The molecule has 1 aromatic rings. The van der Waals surface area contributed by atoms with Crippen LogP contribution in [0.4, 0.5) is 11.5 Å². The van der Waals surface area contributed by atoms with E-state index in [0.29, 0.717) is 12.5 Å². The molecule has 5 nitrogen and oxygen atoms in total. The average molecular weight is 234 g/mol. The normalized spacial score (nSPS) is 20.2. The van der Waals surface area contributed by atoms with Gasteiger partial charge in [0.15, 0.2) is 0 Å². The highest BCUT2D eigenvalue weighted by molar-refractivity contribution is 5.77. The Hall–Kier alpha value is -1.78. The maximum atomic E-state index is 11.4. The van der Waals surface area contributed by atoms with Crippen LogP contribution in [0.3, 0.4) is 0 Å². The van der Waals surface area contributed by atoms with E-state index in [4.69, 9.17) is 0 Å². The lowest BCUT2D eigenvalue weighted by atomic mass is 10.1. The first-order valence-electron chi connectivity index (χ1n) is 5.83. The third-order valence-electron chi connectivity index (χ3n) is 3.01. The SMILES string of the molecule is CNc1cc(NC2CCC(=O)N(C)C2)ccn1. The third kappa shape index (κ3) is 2.87. The van der Waals surface area contributed by atoms with Gasteiger partial charge in [-0.25, -0.2) is 4.98 Å². The maximum absolute atomic E-state index is 11.4. The topological polar surface area (TPSA) is 57.3 Å². The molecule has 0 saturated carbocycles. The zero-order chi connectivity index (χ0) is 12.3. The fourth-order valence-electron chi connectivity index (χ4n) is 2.02. The van der Waals surface area contributed by atoms with Crippen molar-refractivity contribution in [2.45, 2.75) is 18.9 Å². The van der Waals surface area contributed by atoms with Gasteiger partial charge in [-0.2, -0.15) is 0 Å². The first-order chi connectivity index (χ1) is 8.19. The maximum Gasteiger partial charge on any atom is 0.222 e. The number of rotatable bonds is 3. The van der Waals surface area contributed by atoms with E-state index in [1.807, 2.05) is 26.2 Å². The van der Waals surface area contributed by atoms with Crippen LogP contribution < -0.4 is 10.6 Å². The van der Waals surface area contributed by atoms with Gasteiger partial charge in [-0.05, 0) is 12.5 Å². The van der Waals surface area contributed by atoms with Crippen LogP contribution in [0.25, 0.3) is 0 Å². The van der Waals surface area contributed by atoms with Gasteiger partial charge in [0.25, 0.3) is 0 Å². The highest BCUT2D eigenvalue weighted by Gasteiger charge is 2.22. The van der Waals surface area contributed by atoms with Crippen LogP contribution in [0, 0.1) is 0 Å². The smallest absolute Gasteiger partial charge is 0.222 e. The Morgan fingerprint density at radius 2 is 2.35 bits per heavy atom. The molecular weight excluding hydrogens is 216 g/mol. The number of nitrogens with zero attached hydrogens (tertiary/aromatic N) is 2. The molecule has 1 unspecified atom stereocenters. The van der Waals surface area contributed by atoms with Gasteiger partial charge < -0.3 is 15.5 Å². The monoisotopic (exact) mass is 234 g/mol. The van der Waals surface area contributed by atoms with Crippen molar-refractivity contribution in [3.05, 3.63) is 18.3 Å². The van der Waals surface area contributed by atoms with Gasteiger partial charge in [0.2, 0.25) is 5.91 Å². The highest BCUT2D eigenvalue weighted by atomic mass is 16.2. The van der Waals surface area contributed by atoms with Gasteiger partial charge in [-0.3, -0.25) is 4.79 Å². The van der Waals surface area contributed by atoms with Crippen LogP contribution in [0.2, 0.25) is 0 Å². The fraction of sp³-hybridized carbons (Fsp3) is 0.500. The number of likely N-dealkylation sites (N-methyl/N-ethyl adjacent to an activating group) is 1. The van der Waals surface area contributed by atoms with Crippen LogP contribution in [0.5, 0.6) is 0 Å². The minimum absolute atomic E-state index is 0.230. The lowest BCUT2D eigenvalue weighted by molar-refractivity contribution is -0.132. The van der Waals surface area contributed by atoms with Crippen LogP contribution >= 0.6 is 0 Å². The molecule has 0 radical (unpaired) electrons. The van der Waals surface area contributed by atoms with E-state index >= 15 is 0 Å². The lowest BCUT2D eigenvalue weighted by Crippen LogP contribution is -2.43. The summed E-state index contributed by atoms with van der Waals surface area (Å²) in [7, 11) is 3.70. The molecule has 1 atom stereocenters. The molecule has 1 aliphatic heterocycles. The molecule has 1 saturated heterocycles. The van der Waals surface area contributed by atoms with E-state index in [2.05, 4.69) is 15.6 Å². The molecule has 1 aromatic heterocycles. The number of likely N-dealkylation sites (tertiary alicyclic amines) is 1. The number of carbonyl (C=O) groups excluding carboxylic acids is 1. The summed E-state index contributed by atoms with van der Waals surface area (Å²) < 4.78 is 0. The molecule has 1 amide bonds. The van der Waals surface area contributed by atoms with Crippen molar-refractivity contribution in [3.8, 4) is 0 Å². The van der Waals surface area contributed by atoms with E-state index in [-0.39, 0.29) is 5.91 Å². The number of piperidine rings is 1. The minimum Gasteiger partial charge on any atom is -0.380 e. The van der Waals surface area contributed by atoms with Crippen molar-refractivity contribution in [1.29, 1.82) is 0 Å². The fourth-order valence-corrected chi connectivity index (χ4v) is 2.02. The molecule has 0 spiro atoms. The Bertz CT molecular complexity index is 407. The summed E-state index contributed by atoms with van der Waals surface area (Å²) in [5.74, 6) is 1.07. The molecule has 2 N–H and O–H groups in total. The predicted molar refractivity (Wildman–Crippen MR) is 68.1 cm³/mol. The number of anilines is 2. The molecule has 2 heterocycles. The van der Waals surface area contributed by atoms with E-state index in [1.165, 1.54) is 0 Å². The summed E-state index contributed by atoms with van der Waals surface area (Å²) in [5, 5.41) is 6.44. The number of amides is 1. The second-order valence-electron chi connectivity index (χ2n) is 4.33. The molecule has 0 aromatic carbocycles. The van der Waals surface area contributed by atoms with Gasteiger partial charge in [0.1, 0.15) is 5.82 Å². The molecule has 0 aliphatic carbocycles. The molecule has 0 bridgehead atoms. The number of aromatic nitrogens is 1. The Labute approximate surface area is 101 Å². The van der Waals surface area contributed by atoms with E-state index in [0.717, 1.165) is 24.5 Å². The van der Waals surface area contributed by atoms with E-state index in [9.17, 15) is 4.79 Å². The minimum atomic E-state index is 0.230. The van der Waals surface area contributed by atoms with E-state index in [1.54, 1.807) is 11.1 Å². The van der Waals surface area contributed by atoms with Gasteiger partial charge in [0, 0.05) is 51.1 Å². The zero-order valence-corrected chi connectivity index (χ0v) is 10.2. The summed E-state index contributed by atoms with van der Waals surface area (Å²) in [5.41, 5.74) is 1.04. The van der Waals surface area contributed by atoms with Gasteiger partial charge in [-0.15, -0.1) is 0 Å². The van der Waals surface area contributed by atoms with Gasteiger partial charge in [-0.1, -0.05) is 0 Å². The Morgan fingerprint density at radius 3 is 3.06 bits per heavy atom. The van der Waals surface area contributed by atoms with Gasteiger partial charge >= 0.3 is 0 Å². The summed E-state index contributed by atoms with van der Waals surface area (Å²) >= 11 is 0. The first kappa shape index (κ1) is 11.7. The Morgan fingerprint density at radius 1 is 1.53 bits per heavy atom. The van der Waals surface area contributed by atoms with Crippen LogP contribution in [-0.4, -0.2) is 42.5 Å². The van der Waals surface area contributed by atoms with Crippen LogP contribution in [0.15, 0.2) is 18.3 Å². The molecular formula is C12H18N4O. The van der Waals surface area contributed by atoms with E-state index < -0.39 is 0 Å². The molecule has 2 rings (SSSR count). The van der Waals surface area contributed by atoms with Crippen molar-refractivity contribution < 1.29 is 4.79 Å². The summed E-state index contributed by atoms with van der Waals surface area (Å²) in [6, 6.07) is 4.23. The molecule has 92 valence electrons. The first-order valence-corrected chi connectivity index (χ1v) is 5.83. The third-order valence-corrected chi connectivity index (χ3v) is 3.01. The second-order valence-corrected chi connectivity index (χ2v) is 4.33. The van der Waals surface area contributed by atoms with Crippen LogP contribution in [0.1, 0.15) is 12.8 Å². The quantitative estimate of drug-likeness (QED) is 0.824. The average Bonchev–Trinajstić information content (AvgIpc) is 2.34. The van der Waals surface area contributed by atoms with Crippen LogP contribution in [-0.2, 0) is 4.79 Å². The molecule has 17 heavy (non-hydrogen) atoms. The number of hydrogen-bond acceptors (Lipinski definition) is 4. The number of pyridine rings is 1. The second kappa shape index (κ2) is 5.03. The molecule has 1 aliphatic rings. The Kier molecular flexibility index (Phi) is 3.46. The highest BCUT2D eigenvalue weighted by Crippen LogP contribution is 2.17. The summed E-state index contributed by atoms with van der Waals surface area (Å²) in [6.45, 7) is 0.760. The largest absolute Gasteiger partial charge is 0.380 e. The van der Waals surface area contributed by atoms with Crippen molar-refractivity contribution in [1.82, 2.24) is 9.88 Å². The van der Waals surface area contributed by atoms with Crippen molar-refractivity contribution >= 4 is 17.4 Å². The number of carbonyl (C=O) groups is 1. The number of hydrogen-bond donors (Lipinski definition) is 2. The predicted octanol–water partition coefficient (Wildman–Crippen LogP) is 1.16. The standard InChI is InChI=1S/C12H18N4O/c1-13-11-7-9(5-6-14-11)15-10-3-4-12(17)16(2)8-10/h5-7,10H,3-4,8H2,1-2H3,(H2,13,14,15). The van der Waals surface area contributed by atoms with Crippen molar-refractivity contribution in [2.24, 2.45) is 0 Å². The summed E-state index contributed by atoms with van der Waals surface area (Å²) in [6.07, 6.45) is 3.28. The van der Waals surface area contributed by atoms with Crippen molar-refractivity contribution in [2.75, 3.05) is 31.3 Å². The lowest BCUT2D eigenvalue weighted by Gasteiger charge is -2.30. The Balaban J connectivity index is 1.98. The molecule has 1 fully saturated rings. The zero-order valence-electron chi connectivity index (χ0n) is 10.2. The summed E-state index contributed by atoms with van der Waals surface area (Å²) in [4.78, 5) is 17.3. The van der Waals surface area contributed by atoms with Gasteiger partial charge in [0.05, 0.1) is 0 Å². The molecule has 5 heteroatoms.